The zero-order valence-corrected chi connectivity index (χ0v) is 13.3. The summed E-state index contributed by atoms with van der Waals surface area (Å²) in [5.74, 6) is 0.268. The number of rotatable bonds is 4. The van der Waals surface area contributed by atoms with E-state index in [1.165, 1.54) is 4.57 Å². The van der Waals surface area contributed by atoms with Gasteiger partial charge in [0.15, 0.2) is 11.2 Å². The highest BCUT2D eigenvalue weighted by Gasteiger charge is 2.21. The monoisotopic (exact) mass is 293 g/mol. The molecule has 0 amide bonds. The van der Waals surface area contributed by atoms with E-state index in [4.69, 9.17) is 5.73 Å². The lowest BCUT2D eigenvalue weighted by atomic mass is 10.1. The lowest BCUT2D eigenvalue weighted by Crippen LogP contribution is -2.48. The molecule has 0 aliphatic rings. The van der Waals surface area contributed by atoms with E-state index in [1.807, 2.05) is 13.8 Å². The quantitative estimate of drug-likeness (QED) is 0.877. The minimum atomic E-state index is -0.648. The topological polar surface area (TPSA) is 87.8 Å². The Hall–Kier alpha value is -1.89. The Balaban J connectivity index is 2.83. The summed E-state index contributed by atoms with van der Waals surface area (Å²) in [5, 5.41) is 0. The molecule has 0 unspecified atom stereocenters. The average Bonchev–Trinajstić information content (AvgIpc) is 2.71. The molecule has 0 saturated heterocycles. The fraction of sp³-hybridized carbons (Fsp3) is 0.643. The Morgan fingerprint density at radius 3 is 2.43 bits per heavy atom. The molecule has 7 heteroatoms. The molecule has 7 nitrogen and oxygen atoms in total. The van der Waals surface area contributed by atoms with Gasteiger partial charge in [0.05, 0.1) is 6.33 Å². The van der Waals surface area contributed by atoms with Gasteiger partial charge in [0.1, 0.15) is 0 Å². The molecule has 21 heavy (non-hydrogen) atoms. The highest BCUT2D eigenvalue weighted by molar-refractivity contribution is 5.69. The van der Waals surface area contributed by atoms with E-state index in [-0.39, 0.29) is 23.7 Å². The smallest absolute Gasteiger partial charge is 0.328 e. The number of aryl methyl sites for hydroxylation is 1. The van der Waals surface area contributed by atoms with Crippen LogP contribution in [0.3, 0.4) is 0 Å². The van der Waals surface area contributed by atoms with Crippen LogP contribution in [0.15, 0.2) is 15.9 Å². The van der Waals surface area contributed by atoms with Crippen LogP contribution in [0.2, 0.25) is 0 Å². The molecule has 2 N–H and O–H groups in total. The first-order chi connectivity index (χ1) is 9.61. The molecule has 0 aliphatic heterocycles. The standard InChI is InChI=1S/C14H23N5O2/c1-9(2)6-18-11-10(17(5)8-16-11)12(20)19(13(18)21)7-14(3,4)15/h8-9H,6-7,15H2,1-5H3. The highest BCUT2D eigenvalue weighted by Crippen LogP contribution is 2.08. The van der Waals surface area contributed by atoms with Crippen LogP contribution >= 0.6 is 0 Å². The van der Waals surface area contributed by atoms with E-state index in [0.29, 0.717) is 17.7 Å². The minimum absolute atomic E-state index is 0.171. The van der Waals surface area contributed by atoms with Crippen LogP contribution in [-0.2, 0) is 20.1 Å². The normalized spacial score (nSPS) is 12.5. The van der Waals surface area contributed by atoms with Gasteiger partial charge < -0.3 is 10.3 Å². The van der Waals surface area contributed by atoms with Crippen LogP contribution in [-0.4, -0.2) is 24.2 Å². The minimum Gasteiger partial charge on any atom is -0.328 e. The molecule has 0 radical (unpaired) electrons. The number of nitrogens with zero attached hydrogens (tertiary/aromatic N) is 4. The van der Waals surface area contributed by atoms with E-state index in [2.05, 4.69) is 4.98 Å². The Morgan fingerprint density at radius 2 is 1.90 bits per heavy atom. The first-order valence-corrected chi connectivity index (χ1v) is 7.05. The van der Waals surface area contributed by atoms with Crippen LogP contribution < -0.4 is 17.0 Å². The molecular formula is C14H23N5O2. The van der Waals surface area contributed by atoms with Gasteiger partial charge in [0.2, 0.25) is 0 Å². The molecule has 0 aromatic carbocycles. The predicted molar refractivity (Wildman–Crippen MR) is 82.3 cm³/mol. The van der Waals surface area contributed by atoms with Crippen molar-refractivity contribution < 1.29 is 0 Å². The summed E-state index contributed by atoms with van der Waals surface area (Å²) in [6.45, 7) is 8.30. The molecule has 2 heterocycles. The molecule has 2 aromatic rings. The van der Waals surface area contributed by atoms with Crippen molar-refractivity contribution in [2.24, 2.45) is 18.7 Å². The van der Waals surface area contributed by atoms with Crippen molar-refractivity contribution >= 4 is 11.2 Å². The molecule has 0 spiro atoms. The lowest BCUT2D eigenvalue weighted by molar-refractivity contribution is 0.400. The second kappa shape index (κ2) is 5.14. The van der Waals surface area contributed by atoms with Crippen LogP contribution in [0.4, 0.5) is 0 Å². The maximum Gasteiger partial charge on any atom is 0.332 e. The molecule has 0 aliphatic carbocycles. The van der Waals surface area contributed by atoms with Crippen LogP contribution in [0.1, 0.15) is 27.7 Å². The summed E-state index contributed by atoms with van der Waals surface area (Å²) in [5.41, 5.74) is 5.52. The fourth-order valence-corrected chi connectivity index (χ4v) is 2.39. The SMILES string of the molecule is CC(C)Cn1c(=O)n(CC(C)(C)N)c(=O)c2c1ncn2C. The highest BCUT2D eigenvalue weighted by atomic mass is 16.2. The first-order valence-electron chi connectivity index (χ1n) is 7.05. The van der Waals surface area contributed by atoms with Crippen molar-refractivity contribution in [2.45, 2.75) is 46.3 Å². The number of aromatic nitrogens is 4. The maximum absolute atomic E-state index is 12.6. The summed E-state index contributed by atoms with van der Waals surface area (Å²) >= 11 is 0. The van der Waals surface area contributed by atoms with Crippen molar-refractivity contribution in [1.29, 1.82) is 0 Å². The van der Waals surface area contributed by atoms with Gasteiger partial charge in [-0.25, -0.2) is 9.78 Å². The van der Waals surface area contributed by atoms with Crippen LogP contribution in [0.5, 0.6) is 0 Å². The largest absolute Gasteiger partial charge is 0.332 e. The molecule has 2 rings (SSSR count). The molecule has 0 atom stereocenters. The number of fused-ring (bicyclic) bond motifs is 1. The van der Waals surface area contributed by atoms with Crippen LogP contribution in [0, 0.1) is 5.92 Å². The summed E-state index contributed by atoms with van der Waals surface area (Å²) in [6.07, 6.45) is 1.56. The molecule has 0 bridgehead atoms. The maximum atomic E-state index is 12.6. The number of hydrogen-bond acceptors (Lipinski definition) is 4. The third-order valence-electron chi connectivity index (χ3n) is 3.20. The van der Waals surface area contributed by atoms with Gasteiger partial charge in [-0.05, 0) is 19.8 Å². The molecular weight excluding hydrogens is 270 g/mol. The van der Waals surface area contributed by atoms with Gasteiger partial charge >= 0.3 is 5.69 Å². The van der Waals surface area contributed by atoms with E-state index in [9.17, 15) is 9.59 Å². The van der Waals surface area contributed by atoms with Crippen molar-refractivity contribution in [3.63, 3.8) is 0 Å². The summed E-state index contributed by atoms with van der Waals surface area (Å²) < 4.78 is 4.42. The van der Waals surface area contributed by atoms with Crippen molar-refractivity contribution in [3.05, 3.63) is 27.2 Å². The van der Waals surface area contributed by atoms with Gasteiger partial charge in [0.25, 0.3) is 5.56 Å². The van der Waals surface area contributed by atoms with Crippen molar-refractivity contribution in [3.8, 4) is 0 Å². The Morgan fingerprint density at radius 1 is 1.29 bits per heavy atom. The number of hydrogen-bond donors (Lipinski definition) is 1. The van der Waals surface area contributed by atoms with Crippen molar-refractivity contribution in [1.82, 2.24) is 18.7 Å². The van der Waals surface area contributed by atoms with Gasteiger partial charge in [-0.2, -0.15) is 0 Å². The van der Waals surface area contributed by atoms with E-state index < -0.39 is 5.54 Å². The third-order valence-corrected chi connectivity index (χ3v) is 3.20. The molecule has 0 saturated carbocycles. The van der Waals surface area contributed by atoms with Crippen LogP contribution in [0.25, 0.3) is 11.2 Å². The zero-order valence-electron chi connectivity index (χ0n) is 13.3. The Kier molecular flexibility index (Phi) is 3.79. The number of imidazole rings is 1. The van der Waals surface area contributed by atoms with Crippen molar-refractivity contribution in [2.75, 3.05) is 0 Å². The van der Waals surface area contributed by atoms with E-state index in [1.54, 1.807) is 36.4 Å². The third kappa shape index (κ3) is 2.92. The van der Waals surface area contributed by atoms with E-state index >= 15 is 0 Å². The lowest BCUT2D eigenvalue weighted by Gasteiger charge is -2.21. The Bertz CT molecular complexity index is 773. The average molecular weight is 293 g/mol. The predicted octanol–water partition coefficient (Wildman–Crippen LogP) is 0.290. The van der Waals surface area contributed by atoms with Gasteiger partial charge in [-0.1, -0.05) is 13.8 Å². The second-order valence-corrected chi connectivity index (χ2v) is 6.69. The summed E-state index contributed by atoms with van der Waals surface area (Å²) in [6, 6.07) is 0. The fourth-order valence-electron chi connectivity index (χ4n) is 2.39. The molecule has 2 aromatic heterocycles. The van der Waals surface area contributed by atoms with Gasteiger partial charge in [-0.15, -0.1) is 0 Å². The molecule has 116 valence electrons. The summed E-state index contributed by atoms with van der Waals surface area (Å²) in [7, 11) is 1.75. The van der Waals surface area contributed by atoms with E-state index in [0.717, 1.165) is 0 Å². The van der Waals surface area contributed by atoms with Gasteiger partial charge in [0, 0.05) is 25.7 Å². The zero-order chi connectivity index (χ0) is 15.9. The summed E-state index contributed by atoms with van der Waals surface area (Å²) in [4.78, 5) is 29.4. The second-order valence-electron chi connectivity index (χ2n) is 6.69. The number of nitrogens with two attached hydrogens (primary N) is 1. The first kappa shape index (κ1) is 15.5. The Labute approximate surface area is 123 Å². The molecule has 0 fully saturated rings. The van der Waals surface area contributed by atoms with Gasteiger partial charge in [-0.3, -0.25) is 13.9 Å².